The summed E-state index contributed by atoms with van der Waals surface area (Å²) < 4.78 is 0. The summed E-state index contributed by atoms with van der Waals surface area (Å²) in [5, 5.41) is 11.2. The third-order valence-corrected chi connectivity index (χ3v) is 1.56. The number of amides is 1. The minimum absolute atomic E-state index is 0.0941. The van der Waals surface area contributed by atoms with Crippen LogP contribution in [0, 0.1) is 6.92 Å². The Balaban J connectivity index is 3.08. The van der Waals surface area contributed by atoms with Gasteiger partial charge in [0.05, 0.1) is 0 Å². The number of rotatable bonds is 7. The van der Waals surface area contributed by atoms with E-state index in [1.54, 1.807) is 0 Å². The third-order valence-electron chi connectivity index (χ3n) is 1.56. The van der Waals surface area contributed by atoms with E-state index in [1.807, 2.05) is 0 Å². The lowest BCUT2D eigenvalue weighted by Gasteiger charge is -2.02. The van der Waals surface area contributed by atoms with E-state index < -0.39 is 0 Å². The van der Waals surface area contributed by atoms with Gasteiger partial charge in [-0.15, -0.1) is 0 Å². The highest BCUT2D eigenvalue weighted by Gasteiger charge is 1.97. The lowest BCUT2D eigenvalue weighted by molar-refractivity contribution is -0.121. The van der Waals surface area contributed by atoms with Crippen molar-refractivity contribution in [3.63, 3.8) is 0 Å². The lowest BCUT2D eigenvalue weighted by atomic mass is 10.2. The molecule has 0 aliphatic carbocycles. The van der Waals surface area contributed by atoms with E-state index in [0.717, 1.165) is 25.7 Å². The van der Waals surface area contributed by atoms with E-state index >= 15 is 0 Å². The summed E-state index contributed by atoms with van der Waals surface area (Å²) in [6.07, 6.45) is 3.85. The highest BCUT2D eigenvalue weighted by Crippen LogP contribution is 1.93. The molecule has 2 N–H and O–H groups in total. The van der Waals surface area contributed by atoms with Crippen LogP contribution in [0.5, 0.6) is 0 Å². The summed E-state index contributed by atoms with van der Waals surface area (Å²) in [6.45, 7) is 4.53. The number of nitrogens with one attached hydrogen (secondary N) is 1. The predicted octanol–water partition coefficient (Wildman–Crippen LogP) is 0.879. The summed E-state index contributed by atoms with van der Waals surface area (Å²) in [6, 6.07) is 0. The molecule has 3 nitrogen and oxygen atoms in total. The molecule has 0 atom stereocenters. The maximum absolute atomic E-state index is 11.0. The number of aliphatic hydroxyl groups is 1. The van der Waals surface area contributed by atoms with Crippen molar-refractivity contribution in [3.8, 4) is 0 Å². The smallest absolute Gasteiger partial charge is 0.219 e. The molecule has 1 radical (unpaired) electrons. The zero-order chi connectivity index (χ0) is 9.23. The molecule has 0 rings (SSSR count). The van der Waals surface area contributed by atoms with Crippen molar-refractivity contribution in [1.29, 1.82) is 0 Å². The first-order valence-corrected chi connectivity index (χ1v) is 4.48. The van der Waals surface area contributed by atoms with Crippen molar-refractivity contribution in [2.45, 2.75) is 32.1 Å². The van der Waals surface area contributed by atoms with Gasteiger partial charge in [-0.05, 0) is 19.3 Å². The van der Waals surface area contributed by atoms with Gasteiger partial charge in [0, 0.05) is 19.6 Å². The van der Waals surface area contributed by atoms with Crippen LogP contribution in [-0.4, -0.2) is 24.2 Å². The summed E-state index contributed by atoms with van der Waals surface area (Å²) >= 11 is 0. The first kappa shape index (κ1) is 11.4. The van der Waals surface area contributed by atoms with E-state index in [2.05, 4.69) is 12.2 Å². The molecule has 0 aliphatic heterocycles. The Morgan fingerprint density at radius 2 is 2.08 bits per heavy atom. The largest absolute Gasteiger partial charge is 0.396 e. The van der Waals surface area contributed by atoms with Crippen molar-refractivity contribution < 1.29 is 9.90 Å². The van der Waals surface area contributed by atoms with Gasteiger partial charge in [0.15, 0.2) is 0 Å². The first-order chi connectivity index (χ1) is 5.81. The Hall–Kier alpha value is -0.570. The quantitative estimate of drug-likeness (QED) is 0.560. The van der Waals surface area contributed by atoms with E-state index in [1.165, 1.54) is 0 Å². The minimum Gasteiger partial charge on any atom is -0.396 e. The first-order valence-electron chi connectivity index (χ1n) is 4.48. The molecule has 0 bridgehead atoms. The molecule has 0 aromatic carbocycles. The number of carbonyl (C=O) groups excluding carboxylic acids is 1. The average Bonchev–Trinajstić information content (AvgIpc) is 2.09. The topological polar surface area (TPSA) is 49.3 Å². The standard InChI is InChI=1S/C9H18NO2/c1-2-3-6-9(12)10-7-4-5-8-11/h11H,1-8H2,(H,10,12). The van der Waals surface area contributed by atoms with Crippen LogP contribution in [0.4, 0.5) is 0 Å². The average molecular weight is 172 g/mol. The van der Waals surface area contributed by atoms with Crippen molar-refractivity contribution >= 4 is 5.91 Å². The molecular formula is C9H18NO2. The molecule has 0 aromatic rings. The summed E-state index contributed by atoms with van der Waals surface area (Å²) in [5.74, 6) is 0.0941. The molecule has 1 amide bonds. The number of unbranched alkanes of at least 4 members (excludes halogenated alkanes) is 2. The van der Waals surface area contributed by atoms with Crippen LogP contribution >= 0.6 is 0 Å². The fourth-order valence-corrected chi connectivity index (χ4v) is 0.839. The van der Waals surface area contributed by atoms with Crippen molar-refractivity contribution in [2.24, 2.45) is 0 Å². The number of hydrogen-bond donors (Lipinski definition) is 2. The van der Waals surface area contributed by atoms with Gasteiger partial charge in [0.1, 0.15) is 0 Å². The molecule has 0 spiro atoms. The maximum atomic E-state index is 11.0. The second-order valence-electron chi connectivity index (χ2n) is 2.74. The van der Waals surface area contributed by atoms with Crippen LogP contribution in [-0.2, 0) is 4.79 Å². The molecule has 0 unspecified atom stereocenters. The van der Waals surface area contributed by atoms with Crippen LogP contribution in [0.2, 0.25) is 0 Å². The van der Waals surface area contributed by atoms with Gasteiger partial charge in [-0.2, -0.15) is 0 Å². The molecule has 0 aliphatic rings. The van der Waals surface area contributed by atoms with Gasteiger partial charge >= 0.3 is 0 Å². The number of aliphatic hydroxyl groups excluding tert-OH is 1. The van der Waals surface area contributed by atoms with Crippen molar-refractivity contribution in [1.82, 2.24) is 5.32 Å². The maximum Gasteiger partial charge on any atom is 0.219 e. The van der Waals surface area contributed by atoms with Crippen molar-refractivity contribution in [3.05, 3.63) is 6.92 Å². The summed E-state index contributed by atoms with van der Waals surface area (Å²) in [5.41, 5.74) is 0. The van der Waals surface area contributed by atoms with E-state index in [4.69, 9.17) is 5.11 Å². The molecule has 0 heterocycles. The number of hydrogen-bond acceptors (Lipinski definition) is 2. The fraction of sp³-hybridized carbons (Fsp3) is 0.778. The second kappa shape index (κ2) is 8.53. The van der Waals surface area contributed by atoms with E-state index in [9.17, 15) is 4.79 Å². The SMILES string of the molecule is [CH2]CCCC(=O)NCCCCO. The summed E-state index contributed by atoms with van der Waals surface area (Å²) in [7, 11) is 0. The zero-order valence-corrected chi connectivity index (χ0v) is 7.51. The molecule has 12 heavy (non-hydrogen) atoms. The Kier molecular flexibility index (Phi) is 8.12. The molecule has 0 fully saturated rings. The predicted molar refractivity (Wildman–Crippen MR) is 48.5 cm³/mol. The van der Waals surface area contributed by atoms with Gasteiger partial charge < -0.3 is 10.4 Å². The Labute approximate surface area is 74.2 Å². The van der Waals surface area contributed by atoms with Crippen LogP contribution in [0.15, 0.2) is 0 Å². The van der Waals surface area contributed by atoms with Gasteiger partial charge in [-0.3, -0.25) is 4.79 Å². The molecule has 3 heteroatoms. The van der Waals surface area contributed by atoms with Gasteiger partial charge in [-0.25, -0.2) is 0 Å². The molecule has 0 saturated heterocycles. The Bertz CT molecular complexity index is 115. The van der Waals surface area contributed by atoms with E-state index in [0.29, 0.717) is 13.0 Å². The van der Waals surface area contributed by atoms with Crippen LogP contribution in [0.1, 0.15) is 32.1 Å². The van der Waals surface area contributed by atoms with E-state index in [-0.39, 0.29) is 12.5 Å². The molecule has 0 saturated carbocycles. The Morgan fingerprint density at radius 1 is 1.33 bits per heavy atom. The van der Waals surface area contributed by atoms with Crippen LogP contribution in [0.3, 0.4) is 0 Å². The lowest BCUT2D eigenvalue weighted by Crippen LogP contribution is -2.24. The normalized spacial score (nSPS) is 9.83. The monoisotopic (exact) mass is 172 g/mol. The molecule has 71 valence electrons. The Morgan fingerprint density at radius 3 is 2.67 bits per heavy atom. The second-order valence-corrected chi connectivity index (χ2v) is 2.74. The highest BCUT2D eigenvalue weighted by atomic mass is 16.2. The summed E-state index contributed by atoms with van der Waals surface area (Å²) in [4.78, 5) is 11.0. The third kappa shape index (κ3) is 7.54. The highest BCUT2D eigenvalue weighted by molar-refractivity contribution is 5.75. The molecular weight excluding hydrogens is 154 g/mol. The van der Waals surface area contributed by atoms with Crippen molar-refractivity contribution in [2.75, 3.05) is 13.2 Å². The zero-order valence-electron chi connectivity index (χ0n) is 7.51. The molecule has 0 aromatic heterocycles. The van der Waals surface area contributed by atoms with Gasteiger partial charge in [0.25, 0.3) is 0 Å². The van der Waals surface area contributed by atoms with Crippen LogP contribution < -0.4 is 5.32 Å². The van der Waals surface area contributed by atoms with Gasteiger partial charge in [-0.1, -0.05) is 13.3 Å². The van der Waals surface area contributed by atoms with Crippen LogP contribution in [0.25, 0.3) is 0 Å². The number of carbonyl (C=O) groups is 1. The van der Waals surface area contributed by atoms with Gasteiger partial charge in [0.2, 0.25) is 5.91 Å². The minimum atomic E-state index is 0.0941. The fourth-order valence-electron chi connectivity index (χ4n) is 0.839.